The number of carbonyl (C=O) groups excluding carboxylic acids is 1. The average Bonchev–Trinajstić information content (AvgIpc) is 2.80. The highest BCUT2D eigenvalue weighted by molar-refractivity contribution is 5.95. The molecule has 0 unspecified atom stereocenters. The number of benzene rings is 1. The molecular formula is C14H13N5O. The number of aromatic amines is 1. The van der Waals surface area contributed by atoms with Crippen LogP contribution in [0.5, 0.6) is 0 Å². The highest BCUT2D eigenvalue weighted by Gasteiger charge is 2.08. The lowest BCUT2D eigenvalue weighted by Gasteiger charge is -2.06. The second-order valence-corrected chi connectivity index (χ2v) is 4.51. The molecule has 2 heterocycles. The van der Waals surface area contributed by atoms with Gasteiger partial charge in [0, 0.05) is 11.3 Å². The molecule has 0 amide bonds. The van der Waals surface area contributed by atoms with Crippen LogP contribution >= 0.6 is 0 Å². The number of fused-ring (bicyclic) bond motifs is 1. The van der Waals surface area contributed by atoms with Crippen molar-refractivity contribution >= 4 is 28.5 Å². The van der Waals surface area contributed by atoms with E-state index in [1.54, 1.807) is 19.1 Å². The van der Waals surface area contributed by atoms with Gasteiger partial charge < -0.3 is 10.3 Å². The summed E-state index contributed by atoms with van der Waals surface area (Å²) in [6.45, 7) is 3.40. The Morgan fingerprint density at radius 3 is 2.95 bits per heavy atom. The van der Waals surface area contributed by atoms with E-state index in [1.165, 1.54) is 6.33 Å². The summed E-state index contributed by atoms with van der Waals surface area (Å²) in [4.78, 5) is 27.1. The van der Waals surface area contributed by atoms with Crippen LogP contribution in [-0.4, -0.2) is 25.7 Å². The molecule has 2 N–H and O–H groups in total. The maximum Gasteiger partial charge on any atom is 0.183 e. The van der Waals surface area contributed by atoms with Crippen LogP contribution in [-0.2, 0) is 0 Å². The number of nitrogens with one attached hydrogen (secondary N) is 2. The quantitative estimate of drug-likeness (QED) is 0.713. The van der Waals surface area contributed by atoms with Gasteiger partial charge in [0.05, 0.1) is 0 Å². The minimum Gasteiger partial charge on any atom is -0.338 e. The van der Waals surface area contributed by atoms with E-state index in [2.05, 4.69) is 25.3 Å². The number of ketones is 1. The number of aryl methyl sites for hydroxylation is 1. The highest BCUT2D eigenvalue weighted by Crippen LogP contribution is 2.21. The van der Waals surface area contributed by atoms with Gasteiger partial charge in [0.25, 0.3) is 0 Å². The largest absolute Gasteiger partial charge is 0.338 e. The molecule has 0 saturated heterocycles. The summed E-state index contributed by atoms with van der Waals surface area (Å²) in [5.41, 5.74) is 2.81. The van der Waals surface area contributed by atoms with Crippen LogP contribution in [0.2, 0.25) is 0 Å². The number of imidazole rings is 1. The molecular weight excluding hydrogens is 254 g/mol. The third kappa shape index (κ3) is 2.23. The summed E-state index contributed by atoms with van der Waals surface area (Å²) in [6, 6.07) is 7.28. The van der Waals surface area contributed by atoms with Gasteiger partial charge in [-0.05, 0) is 26.0 Å². The zero-order valence-corrected chi connectivity index (χ0v) is 11.1. The van der Waals surface area contributed by atoms with Crippen molar-refractivity contribution in [3.63, 3.8) is 0 Å². The number of rotatable bonds is 3. The van der Waals surface area contributed by atoms with E-state index in [0.29, 0.717) is 17.0 Å². The molecule has 0 fully saturated rings. The molecule has 0 bridgehead atoms. The van der Waals surface area contributed by atoms with Crippen LogP contribution in [0.1, 0.15) is 23.1 Å². The van der Waals surface area contributed by atoms with E-state index in [0.717, 1.165) is 17.0 Å². The first-order chi connectivity index (χ1) is 9.63. The van der Waals surface area contributed by atoms with Crippen molar-refractivity contribution in [2.75, 3.05) is 5.32 Å². The van der Waals surface area contributed by atoms with Crippen molar-refractivity contribution in [2.24, 2.45) is 0 Å². The lowest BCUT2D eigenvalue weighted by atomic mass is 10.1. The Morgan fingerprint density at radius 2 is 2.15 bits per heavy atom. The van der Waals surface area contributed by atoms with E-state index in [4.69, 9.17) is 0 Å². The first-order valence-corrected chi connectivity index (χ1v) is 6.19. The summed E-state index contributed by atoms with van der Waals surface area (Å²) in [6.07, 6.45) is 1.46. The molecule has 0 aliphatic heterocycles. The predicted octanol–water partition coefficient (Wildman–Crippen LogP) is 2.61. The van der Waals surface area contributed by atoms with Crippen molar-refractivity contribution in [3.8, 4) is 0 Å². The minimum atomic E-state index is 0.0267. The molecule has 3 aromatic rings. The normalized spacial score (nSPS) is 10.7. The Labute approximate surface area is 115 Å². The topological polar surface area (TPSA) is 83.6 Å². The first kappa shape index (κ1) is 12.3. The standard InChI is InChI=1S/C14H13N5O/c1-8(20)10-4-3-5-11(6-10)19-14-12-13(15-7-16-14)18-9(2)17-12/h3-7H,1-2H3,(H2,15,16,17,18,19). The van der Waals surface area contributed by atoms with E-state index in [-0.39, 0.29) is 5.78 Å². The zero-order valence-electron chi connectivity index (χ0n) is 11.1. The van der Waals surface area contributed by atoms with Crippen LogP contribution in [0.4, 0.5) is 11.5 Å². The molecule has 3 rings (SSSR count). The third-order valence-corrected chi connectivity index (χ3v) is 2.94. The van der Waals surface area contributed by atoms with Gasteiger partial charge in [-0.1, -0.05) is 12.1 Å². The van der Waals surface area contributed by atoms with Gasteiger partial charge in [0.15, 0.2) is 17.2 Å². The molecule has 0 spiro atoms. The summed E-state index contributed by atoms with van der Waals surface area (Å²) in [5, 5.41) is 3.18. The fourth-order valence-corrected chi connectivity index (χ4v) is 1.99. The molecule has 2 aromatic heterocycles. The van der Waals surface area contributed by atoms with Gasteiger partial charge in [0.1, 0.15) is 17.7 Å². The van der Waals surface area contributed by atoms with Crippen LogP contribution in [0.25, 0.3) is 11.2 Å². The van der Waals surface area contributed by atoms with Crippen molar-refractivity contribution in [1.29, 1.82) is 0 Å². The van der Waals surface area contributed by atoms with Gasteiger partial charge >= 0.3 is 0 Å². The third-order valence-electron chi connectivity index (χ3n) is 2.94. The summed E-state index contributed by atoms with van der Waals surface area (Å²) >= 11 is 0. The summed E-state index contributed by atoms with van der Waals surface area (Å²) < 4.78 is 0. The maximum absolute atomic E-state index is 11.4. The predicted molar refractivity (Wildman–Crippen MR) is 76.1 cm³/mol. The molecule has 6 heteroatoms. The number of carbonyl (C=O) groups is 1. The van der Waals surface area contributed by atoms with E-state index < -0.39 is 0 Å². The molecule has 1 aromatic carbocycles. The lowest BCUT2D eigenvalue weighted by Crippen LogP contribution is -1.98. The Kier molecular flexibility index (Phi) is 2.90. The Hall–Kier alpha value is -2.76. The lowest BCUT2D eigenvalue weighted by molar-refractivity contribution is 0.101. The van der Waals surface area contributed by atoms with Crippen molar-refractivity contribution in [2.45, 2.75) is 13.8 Å². The number of aromatic nitrogens is 4. The Morgan fingerprint density at radius 1 is 1.30 bits per heavy atom. The van der Waals surface area contributed by atoms with Crippen LogP contribution in [0, 0.1) is 6.92 Å². The average molecular weight is 267 g/mol. The molecule has 6 nitrogen and oxygen atoms in total. The smallest absolute Gasteiger partial charge is 0.183 e. The zero-order chi connectivity index (χ0) is 14.1. The summed E-state index contributed by atoms with van der Waals surface area (Å²) in [7, 11) is 0. The number of hydrogen-bond acceptors (Lipinski definition) is 5. The van der Waals surface area contributed by atoms with Gasteiger partial charge in [-0.3, -0.25) is 4.79 Å². The second-order valence-electron chi connectivity index (χ2n) is 4.51. The van der Waals surface area contributed by atoms with Crippen molar-refractivity contribution in [3.05, 3.63) is 42.0 Å². The number of hydrogen-bond donors (Lipinski definition) is 2. The molecule has 0 aliphatic carbocycles. The van der Waals surface area contributed by atoms with E-state index in [1.807, 2.05) is 19.1 Å². The van der Waals surface area contributed by atoms with Gasteiger partial charge in [0.2, 0.25) is 0 Å². The highest BCUT2D eigenvalue weighted by atomic mass is 16.1. The van der Waals surface area contributed by atoms with Gasteiger partial charge in [-0.25, -0.2) is 15.0 Å². The Bertz CT molecular complexity index is 793. The monoisotopic (exact) mass is 267 g/mol. The van der Waals surface area contributed by atoms with Gasteiger partial charge in [-0.15, -0.1) is 0 Å². The van der Waals surface area contributed by atoms with Crippen molar-refractivity contribution in [1.82, 2.24) is 19.9 Å². The van der Waals surface area contributed by atoms with E-state index in [9.17, 15) is 4.79 Å². The molecule has 0 atom stereocenters. The van der Waals surface area contributed by atoms with Crippen LogP contribution in [0.3, 0.4) is 0 Å². The fourth-order valence-electron chi connectivity index (χ4n) is 1.99. The minimum absolute atomic E-state index is 0.0267. The second kappa shape index (κ2) is 4.73. The summed E-state index contributed by atoms with van der Waals surface area (Å²) in [5.74, 6) is 1.44. The van der Waals surface area contributed by atoms with Crippen LogP contribution < -0.4 is 5.32 Å². The number of anilines is 2. The van der Waals surface area contributed by atoms with Gasteiger partial charge in [-0.2, -0.15) is 0 Å². The first-order valence-electron chi connectivity index (χ1n) is 6.19. The molecule has 0 aliphatic rings. The van der Waals surface area contributed by atoms with Crippen LogP contribution in [0.15, 0.2) is 30.6 Å². The SMILES string of the molecule is CC(=O)c1cccc(Nc2ncnc3nc(C)[nH]c23)c1. The molecule has 20 heavy (non-hydrogen) atoms. The number of nitrogens with zero attached hydrogens (tertiary/aromatic N) is 3. The number of Topliss-reactive ketones (excluding diaryl/α,β-unsaturated/α-hetero) is 1. The number of H-pyrrole nitrogens is 1. The Balaban J connectivity index is 2.01. The molecule has 0 saturated carbocycles. The fraction of sp³-hybridized carbons (Fsp3) is 0.143. The van der Waals surface area contributed by atoms with Crippen molar-refractivity contribution < 1.29 is 4.79 Å². The molecule has 0 radical (unpaired) electrons. The maximum atomic E-state index is 11.4. The van der Waals surface area contributed by atoms with E-state index >= 15 is 0 Å². The molecule has 100 valence electrons.